The van der Waals surface area contributed by atoms with Crippen molar-refractivity contribution < 1.29 is 0 Å². The van der Waals surface area contributed by atoms with Crippen molar-refractivity contribution in [1.29, 1.82) is 0 Å². The second kappa shape index (κ2) is 4.24. The van der Waals surface area contributed by atoms with Gasteiger partial charge in [-0.2, -0.15) is 0 Å². The third-order valence-electron chi connectivity index (χ3n) is 3.16. The van der Waals surface area contributed by atoms with Crippen LogP contribution in [0.1, 0.15) is 31.0 Å². The van der Waals surface area contributed by atoms with Crippen LogP contribution < -0.4 is 5.56 Å². The number of rotatable bonds is 2. The Hall–Kier alpha value is -1.77. The maximum atomic E-state index is 11.8. The van der Waals surface area contributed by atoms with Crippen molar-refractivity contribution in [1.82, 2.24) is 9.36 Å². The monoisotopic (exact) mass is 230 g/mol. The molecule has 0 aliphatic heterocycles. The summed E-state index contributed by atoms with van der Waals surface area (Å²) in [7, 11) is 1.90. The van der Waals surface area contributed by atoms with Gasteiger partial charge in [-0.25, -0.2) is 4.68 Å². The number of hydrogen-bond donors (Lipinski definition) is 0. The Balaban J connectivity index is 2.50. The van der Waals surface area contributed by atoms with E-state index in [1.165, 1.54) is 5.56 Å². The molecule has 1 aromatic heterocycles. The van der Waals surface area contributed by atoms with Crippen molar-refractivity contribution >= 4 is 0 Å². The Morgan fingerprint density at radius 1 is 1.12 bits per heavy atom. The van der Waals surface area contributed by atoms with Crippen molar-refractivity contribution in [2.45, 2.75) is 26.7 Å². The normalized spacial score (nSPS) is 11.1. The molecule has 0 N–H and O–H groups in total. The summed E-state index contributed by atoms with van der Waals surface area (Å²) in [5, 5.41) is 0. The van der Waals surface area contributed by atoms with Crippen LogP contribution in [0.25, 0.3) is 5.69 Å². The van der Waals surface area contributed by atoms with Gasteiger partial charge in [0.2, 0.25) is 0 Å². The van der Waals surface area contributed by atoms with Gasteiger partial charge in [0.1, 0.15) is 0 Å². The molecule has 0 unspecified atom stereocenters. The summed E-state index contributed by atoms with van der Waals surface area (Å²) in [4.78, 5) is 11.8. The standard InChI is InChI=1S/C14H18N2O/c1-10(2)12-5-7-13(8-6-12)16-14(17)9-11(3)15(16)4/h5-10H,1-4H3. The average Bonchev–Trinajstić information content (AvgIpc) is 2.53. The highest BCUT2D eigenvalue weighted by Crippen LogP contribution is 2.16. The number of nitrogens with zero attached hydrogens (tertiary/aromatic N) is 2. The Bertz CT molecular complexity index is 573. The van der Waals surface area contributed by atoms with E-state index in [9.17, 15) is 4.79 Å². The predicted molar refractivity (Wildman–Crippen MR) is 69.8 cm³/mol. The molecule has 0 atom stereocenters. The van der Waals surface area contributed by atoms with E-state index in [4.69, 9.17) is 0 Å². The molecule has 0 bridgehead atoms. The van der Waals surface area contributed by atoms with E-state index in [0.29, 0.717) is 5.92 Å². The first-order chi connectivity index (χ1) is 8.00. The summed E-state index contributed by atoms with van der Waals surface area (Å²) >= 11 is 0. The Kier molecular flexibility index (Phi) is 2.92. The molecular weight excluding hydrogens is 212 g/mol. The molecule has 2 aromatic rings. The smallest absolute Gasteiger partial charge is 0.271 e. The van der Waals surface area contributed by atoms with E-state index in [-0.39, 0.29) is 5.56 Å². The third kappa shape index (κ3) is 2.05. The lowest BCUT2D eigenvalue weighted by molar-refractivity contribution is 0.629. The van der Waals surface area contributed by atoms with Crippen molar-refractivity contribution in [2.24, 2.45) is 7.05 Å². The van der Waals surface area contributed by atoms with Crippen LogP contribution in [0.15, 0.2) is 35.1 Å². The number of aromatic nitrogens is 2. The first-order valence-electron chi connectivity index (χ1n) is 5.86. The minimum absolute atomic E-state index is 0.0160. The van der Waals surface area contributed by atoms with Crippen LogP contribution in [0.3, 0.4) is 0 Å². The average molecular weight is 230 g/mol. The SMILES string of the molecule is Cc1cc(=O)n(-c2ccc(C(C)C)cc2)n1C. The summed E-state index contributed by atoms with van der Waals surface area (Å²) in [6.07, 6.45) is 0. The zero-order valence-electron chi connectivity index (χ0n) is 10.8. The molecule has 0 saturated carbocycles. The molecule has 3 nitrogen and oxygen atoms in total. The summed E-state index contributed by atoms with van der Waals surface area (Å²) in [5.41, 5.74) is 3.17. The zero-order valence-corrected chi connectivity index (χ0v) is 10.8. The Morgan fingerprint density at radius 3 is 2.12 bits per heavy atom. The fraction of sp³-hybridized carbons (Fsp3) is 0.357. The molecule has 3 heteroatoms. The predicted octanol–water partition coefficient (Wildman–Crippen LogP) is 2.61. The van der Waals surface area contributed by atoms with E-state index in [1.807, 2.05) is 30.8 Å². The lowest BCUT2D eigenvalue weighted by Gasteiger charge is -2.10. The van der Waals surface area contributed by atoms with Gasteiger partial charge in [0, 0.05) is 18.8 Å². The summed E-state index contributed by atoms with van der Waals surface area (Å²) < 4.78 is 3.55. The summed E-state index contributed by atoms with van der Waals surface area (Å²) in [6, 6.07) is 9.80. The number of benzene rings is 1. The maximum absolute atomic E-state index is 11.8. The van der Waals surface area contributed by atoms with E-state index < -0.39 is 0 Å². The quantitative estimate of drug-likeness (QED) is 0.779. The first kappa shape index (κ1) is 11.7. The molecule has 0 aliphatic rings. The molecule has 1 heterocycles. The third-order valence-corrected chi connectivity index (χ3v) is 3.16. The Labute approximate surface area is 101 Å². The molecular formula is C14H18N2O. The maximum Gasteiger partial charge on any atom is 0.271 e. The van der Waals surface area contributed by atoms with Crippen molar-refractivity contribution in [3.63, 3.8) is 0 Å². The van der Waals surface area contributed by atoms with Crippen LogP contribution in [0.2, 0.25) is 0 Å². The fourth-order valence-electron chi connectivity index (χ4n) is 1.94. The highest BCUT2D eigenvalue weighted by molar-refractivity contribution is 5.35. The van der Waals surface area contributed by atoms with Crippen molar-refractivity contribution in [3.8, 4) is 5.69 Å². The van der Waals surface area contributed by atoms with Crippen LogP contribution >= 0.6 is 0 Å². The molecule has 17 heavy (non-hydrogen) atoms. The van der Waals surface area contributed by atoms with Gasteiger partial charge in [-0.3, -0.25) is 9.48 Å². The topological polar surface area (TPSA) is 26.9 Å². The van der Waals surface area contributed by atoms with Crippen LogP contribution in [0, 0.1) is 6.92 Å². The minimum Gasteiger partial charge on any atom is -0.285 e. The van der Waals surface area contributed by atoms with Gasteiger partial charge in [0.05, 0.1) is 5.69 Å². The fourth-order valence-corrected chi connectivity index (χ4v) is 1.94. The Morgan fingerprint density at radius 2 is 1.71 bits per heavy atom. The van der Waals surface area contributed by atoms with Crippen LogP contribution in [-0.4, -0.2) is 9.36 Å². The van der Waals surface area contributed by atoms with Gasteiger partial charge in [0.15, 0.2) is 0 Å². The number of hydrogen-bond acceptors (Lipinski definition) is 1. The van der Waals surface area contributed by atoms with Gasteiger partial charge in [-0.15, -0.1) is 0 Å². The van der Waals surface area contributed by atoms with Crippen molar-refractivity contribution in [3.05, 3.63) is 51.9 Å². The second-order valence-electron chi connectivity index (χ2n) is 4.71. The second-order valence-corrected chi connectivity index (χ2v) is 4.71. The molecule has 2 rings (SSSR count). The zero-order chi connectivity index (χ0) is 12.6. The van der Waals surface area contributed by atoms with Gasteiger partial charge in [-0.05, 0) is 30.5 Å². The van der Waals surface area contributed by atoms with E-state index in [2.05, 4.69) is 26.0 Å². The lowest BCUT2D eigenvalue weighted by atomic mass is 10.0. The molecule has 0 radical (unpaired) electrons. The van der Waals surface area contributed by atoms with E-state index in [1.54, 1.807) is 10.7 Å². The lowest BCUT2D eigenvalue weighted by Crippen LogP contribution is -2.19. The largest absolute Gasteiger partial charge is 0.285 e. The molecule has 0 fully saturated rings. The van der Waals surface area contributed by atoms with Crippen LogP contribution in [0.5, 0.6) is 0 Å². The van der Waals surface area contributed by atoms with Gasteiger partial charge >= 0.3 is 0 Å². The van der Waals surface area contributed by atoms with Gasteiger partial charge in [-0.1, -0.05) is 26.0 Å². The van der Waals surface area contributed by atoms with E-state index >= 15 is 0 Å². The summed E-state index contributed by atoms with van der Waals surface area (Å²) in [5.74, 6) is 0.510. The van der Waals surface area contributed by atoms with Gasteiger partial charge < -0.3 is 0 Å². The van der Waals surface area contributed by atoms with Crippen LogP contribution in [-0.2, 0) is 7.05 Å². The molecule has 0 aliphatic carbocycles. The van der Waals surface area contributed by atoms with E-state index in [0.717, 1.165) is 11.4 Å². The van der Waals surface area contributed by atoms with Crippen molar-refractivity contribution in [2.75, 3.05) is 0 Å². The molecule has 0 amide bonds. The van der Waals surface area contributed by atoms with Gasteiger partial charge in [0.25, 0.3) is 5.56 Å². The molecule has 0 saturated heterocycles. The first-order valence-corrected chi connectivity index (χ1v) is 5.86. The minimum atomic E-state index is 0.0160. The highest BCUT2D eigenvalue weighted by Gasteiger charge is 2.07. The molecule has 0 spiro atoms. The molecule has 1 aromatic carbocycles. The summed E-state index contributed by atoms with van der Waals surface area (Å²) in [6.45, 7) is 6.25. The number of aryl methyl sites for hydroxylation is 1. The van der Waals surface area contributed by atoms with Crippen LogP contribution in [0.4, 0.5) is 0 Å². The highest BCUT2D eigenvalue weighted by atomic mass is 16.1. The molecule has 90 valence electrons.